The number of rotatable bonds is 8. The van der Waals surface area contributed by atoms with Gasteiger partial charge < -0.3 is 15.0 Å². The topological polar surface area (TPSA) is 67.0 Å². The number of carbonyl (C=O) groups excluding carboxylic acids is 1. The molecule has 1 unspecified atom stereocenters. The van der Waals surface area contributed by atoms with Crippen LogP contribution in [0.3, 0.4) is 0 Å². The van der Waals surface area contributed by atoms with Crippen LogP contribution in [0.5, 0.6) is 5.75 Å². The van der Waals surface area contributed by atoms with Crippen molar-refractivity contribution in [1.82, 2.24) is 15.3 Å². The number of H-pyrrole nitrogens is 1. The molecule has 2 aromatic carbocycles. The molecule has 0 fully saturated rings. The van der Waals surface area contributed by atoms with Gasteiger partial charge in [0, 0.05) is 54.3 Å². The highest BCUT2D eigenvalue weighted by Gasteiger charge is 2.24. The van der Waals surface area contributed by atoms with Crippen molar-refractivity contribution in [3.05, 3.63) is 95.7 Å². The standard InChI is InChI=1S/C25H24FN3O2/c1-31-18-9-10-24-21(14-18)22(16-29-24)20(19-7-2-3-8-23(19)26)15-25(30)28-13-11-17-6-4-5-12-27-17/h2-10,12,14,16,20,29H,11,13,15H2,1H3,(H,28,30). The number of fused-ring (bicyclic) bond motifs is 1. The Kier molecular flexibility index (Phi) is 6.26. The van der Waals surface area contributed by atoms with E-state index < -0.39 is 5.92 Å². The normalized spacial score (nSPS) is 11.9. The quantitative estimate of drug-likeness (QED) is 0.441. The molecule has 4 aromatic rings. The molecule has 1 atom stereocenters. The van der Waals surface area contributed by atoms with E-state index in [1.807, 2.05) is 42.6 Å². The minimum Gasteiger partial charge on any atom is -0.497 e. The fourth-order valence-corrected chi connectivity index (χ4v) is 3.82. The van der Waals surface area contributed by atoms with Gasteiger partial charge in [-0.2, -0.15) is 0 Å². The minimum absolute atomic E-state index is 0.132. The lowest BCUT2D eigenvalue weighted by Crippen LogP contribution is -2.27. The predicted octanol–water partition coefficient (Wildman–Crippen LogP) is 4.59. The van der Waals surface area contributed by atoms with Crippen LogP contribution in [-0.4, -0.2) is 29.5 Å². The number of ether oxygens (including phenoxy) is 1. The lowest BCUT2D eigenvalue weighted by atomic mass is 9.87. The number of benzene rings is 2. The first kappa shape index (κ1) is 20.6. The third-order valence-electron chi connectivity index (χ3n) is 5.40. The number of nitrogens with one attached hydrogen (secondary N) is 2. The first-order valence-corrected chi connectivity index (χ1v) is 10.2. The number of hydrogen-bond donors (Lipinski definition) is 2. The zero-order chi connectivity index (χ0) is 21.6. The van der Waals surface area contributed by atoms with Crippen molar-refractivity contribution in [2.45, 2.75) is 18.8 Å². The van der Waals surface area contributed by atoms with Crippen molar-refractivity contribution in [1.29, 1.82) is 0 Å². The summed E-state index contributed by atoms with van der Waals surface area (Å²) in [5, 5.41) is 3.86. The van der Waals surface area contributed by atoms with Crippen LogP contribution in [0.15, 0.2) is 73.1 Å². The van der Waals surface area contributed by atoms with E-state index in [9.17, 15) is 9.18 Å². The lowest BCUT2D eigenvalue weighted by molar-refractivity contribution is -0.121. The summed E-state index contributed by atoms with van der Waals surface area (Å²) < 4.78 is 20.1. The second-order valence-electron chi connectivity index (χ2n) is 7.35. The van der Waals surface area contributed by atoms with Crippen molar-refractivity contribution < 1.29 is 13.9 Å². The van der Waals surface area contributed by atoms with Gasteiger partial charge in [-0.25, -0.2) is 4.39 Å². The molecular formula is C25H24FN3O2. The summed E-state index contributed by atoms with van der Waals surface area (Å²) in [6.45, 7) is 0.474. The average Bonchev–Trinajstić information content (AvgIpc) is 3.21. The molecule has 0 spiro atoms. The minimum atomic E-state index is -0.433. The van der Waals surface area contributed by atoms with Gasteiger partial charge in [-0.1, -0.05) is 24.3 Å². The van der Waals surface area contributed by atoms with Crippen LogP contribution in [0.1, 0.15) is 29.2 Å². The Morgan fingerprint density at radius 3 is 2.74 bits per heavy atom. The van der Waals surface area contributed by atoms with Gasteiger partial charge in [0.25, 0.3) is 0 Å². The SMILES string of the molecule is COc1ccc2[nH]cc(C(CC(=O)NCCc3ccccn3)c3ccccc3F)c2c1. The fourth-order valence-electron chi connectivity index (χ4n) is 3.82. The van der Waals surface area contributed by atoms with Crippen molar-refractivity contribution >= 4 is 16.8 Å². The van der Waals surface area contributed by atoms with Crippen LogP contribution in [-0.2, 0) is 11.2 Å². The molecule has 2 aromatic heterocycles. The van der Waals surface area contributed by atoms with Gasteiger partial charge in [-0.15, -0.1) is 0 Å². The summed E-state index contributed by atoms with van der Waals surface area (Å²) in [6.07, 6.45) is 4.35. The number of carbonyl (C=O) groups is 1. The molecule has 1 amide bonds. The molecule has 6 heteroatoms. The highest BCUT2D eigenvalue weighted by Crippen LogP contribution is 2.36. The molecule has 0 aliphatic carbocycles. The van der Waals surface area contributed by atoms with Gasteiger partial charge >= 0.3 is 0 Å². The van der Waals surface area contributed by atoms with Crippen LogP contribution >= 0.6 is 0 Å². The van der Waals surface area contributed by atoms with Crippen LogP contribution in [0, 0.1) is 5.82 Å². The molecule has 2 N–H and O–H groups in total. The van der Waals surface area contributed by atoms with Crippen molar-refractivity contribution in [2.75, 3.05) is 13.7 Å². The molecular weight excluding hydrogens is 393 g/mol. The number of aromatic amines is 1. The van der Waals surface area contributed by atoms with Crippen molar-refractivity contribution in [3.63, 3.8) is 0 Å². The van der Waals surface area contributed by atoms with E-state index in [1.165, 1.54) is 6.07 Å². The molecule has 0 radical (unpaired) electrons. The maximum absolute atomic E-state index is 14.7. The molecule has 0 saturated carbocycles. The summed E-state index contributed by atoms with van der Waals surface area (Å²) >= 11 is 0. The zero-order valence-electron chi connectivity index (χ0n) is 17.3. The first-order valence-electron chi connectivity index (χ1n) is 10.2. The summed E-state index contributed by atoms with van der Waals surface area (Å²) in [4.78, 5) is 20.3. The fraction of sp³-hybridized carbons (Fsp3) is 0.200. The second-order valence-corrected chi connectivity index (χ2v) is 7.35. The molecule has 158 valence electrons. The summed E-state index contributed by atoms with van der Waals surface area (Å²) in [5.74, 6) is -0.190. The zero-order valence-corrected chi connectivity index (χ0v) is 17.3. The monoisotopic (exact) mass is 417 g/mol. The number of nitrogens with zero attached hydrogens (tertiary/aromatic N) is 1. The number of hydrogen-bond acceptors (Lipinski definition) is 3. The molecule has 5 nitrogen and oxygen atoms in total. The number of amides is 1. The Labute approximate surface area is 180 Å². The van der Waals surface area contributed by atoms with Crippen LogP contribution in [0.25, 0.3) is 10.9 Å². The van der Waals surface area contributed by atoms with Crippen molar-refractivity contribution in [3.8, 4) is 5.75 Å². The third kappa shape index (κ3) is 4.74. The largest absolute Gasteiger partial charge is 0.497 e. The van der Waals surface area contributed by atoms with E-state index in [0.717, 1.165) is 22.2 Å². The Morgan fingerprint density at radius 2 is 1.97 bits per heavy atom. The number of aromatic nitrogens is 2. The van der Waals surface area contributed by atoms with Gasteiger partial charge in [0.05, 0.1) is 7.11 Å². The van der Waals surface area contributed by atoms with E-state index in [1.54, 1.807) is 31.5 Å². The Bertz CT molecular complexity index is 1170. The third-order valence-corrected chi connectivity index (χ3v) is 5.40. The average molecular weight is 417 g/mol. The summed E-state index contributed by atoms with van der Waals surface area (Å²) in [5.41, 5.74) is 3.18. The molecule has 2 heterocycles. The molecule has 0 saturated heterocycles. The van der Waals surface area contributed by atoms with Gasteiger partial charge in [0.1, 0.15) is 11.6 Å². The van der Waals surface area contributed by atoms with Crippen LogP contribution < -0.4 is 10.1 Å². The van der Waals surface area contributed by atoms with E-state index in [-0.39, 0.29) is 18.1 Å². The number of halogens is 1. The smallest absolute Gasteiger partial charge is 0.220 e. The van der Waals surface area contributed by atoms with Crippen LogP contribution in [0.4, 0.5) is 4.39 Å². The highest BCUT2D eigenvalue weighted by atomic mass is 19.1. The van der Waals surface area contributed by atoms with E-state index in [0.29, 0.717) is 24.3 Å². The molecule has 4 rings (SSSR count). The van der Waals surface area contributed by atoms with Gasteiger partial charge in [-0.3, -0.25) is 9.78 Å². The molecule has 0 aliphatic heterocycles. The highest BCUT2D eigenvalue weighted by molar-refractivity contribution is 5.87. The summed E-state index contributed by atoms with van der Waals surface area (Å²) in [6, 6.07) is 18.0. The van der Waals surface area contributed by atoms with E-state index in [2.05, 4.69) is 15.3 Å². The molecule has 0 aliphatic rings. The number of methoxy groups -OCH3 is 1. The first-order chi connectivity index (χ1) is 15.2. The Hall–Kier alpha value is -3.67. The maximum atomic E-state index is 14.7. The van der Waals surface area contributed by atoms with Gasteiger partial charge in [0.2, 0.25) is 5.91 Å². The van der Waals surface area contributed by atoms with E-state index >= 15 is 0 Å². The van der Waals surface area contributed by atoms with Gasteiger partial charge in [0.15, 0.2) is 0 Å². The van der Waals surface area contributed by atoms with Gasteiger partial charge in [-0.05, 0) is 47.5 Å². The van der Waals surface area contributed by atoms with Crippen molar-refractivity contribution in [2.24, 2.45) is 0 Å². The number of pyridine rings is 1. The maximum Gasteiger partial charge on any atom is 0.220 e. The lowest BCUT2D eigenvalue weighted by Gasteiger charge is -2.18. The molecule has 0 bridgehead atoms. The Balaban J connectivity index is 1.58. The molecule has 31 heavy (non-hydrogen) atoms. The second kappa shape index (κ2) is 9.43. The Morgan fingerprint density at radius 1 is 1.13 bits per heavy atom. The summed E-state index contributed by atoms with van der Waals surface area (Å²) in [7, 11) is 1.61. The van der Waals surface area contributed by atoms with Crippen LogP contribution in [0.2, 0.25) is 0 Å². The predicted molar refractivity (Wildman–Crippen MR) is 119 cm³/mol. The van der Waals surface area contributed by atoms with E-state index in [4.69, 9.17) is 4.74 Å².